The van der Waals surface area contributed by atoms with E-state index in [9.17, 15) is 14.4 Å². The minimum absolute atomic E-state index is 0.101. The Bertz CT molecular complexity index is 585. The quantitative estimate of drug-likeness (QED) is 0.342. The molecule has 0 spiro atoms. The van der Waals surface area contributed by atoms with Gasteiger partial charge in [0, 0.05) is 20.3 Å². The van der Waals surface area contributed by atoms with Gasteiger partial charge in [-0.15, -0.1) is 0 Å². The minimum Gasteiger partial charge on any atom is -0.383 e. The topological polar surface area (TPSA) is 57.7 Å². The molecule has 0 unspecified atom stereocenters. The lowest BCUT2D eigenvalue weighted by molar-refractivity contribution is -0.132. The second-order valence-corrected chi connectivity index (χ2v) is 4.62. The van der Waals surface area contributed by atoms with E-state index in [1.807, 2.05) is 6.92 Å². The summed E-state index contributed by atoms with van der Waals surface area (Å²) in [6.45, 7) is 1.90. The summed E-state index contributed by atoms with van der Waals surface area (Å²) in [7, 11) is 3.37. The molecule has 1 aliphatic heterocycles. The molecule has 1 fully saturated rings. The first-order valence-electron chi connectivity index (χ1n) is 5.80. The molecule has 0 aromatic heterocycles. The zero-order chi connectivity index (χ0) is 14.2. The van der Waals surface area contributed by atoms with Crippen molar-refractivity contribution < 1.29 is 14.4 Å². The molecule has 0 radical (unpaired) electrons. The highest BCUT2D eigenvalue weighted by Gasteiger charge is 2.43. The lowest BCUT2D eigenvalue weighted by Crippen LogP contribution is -2.30. The van der Waals surface area contributed by atoms with E-state index in [1.165, 1.54) is 6.20 Å². The van der Waals surface area contributed by atoms with Gasteiger partial charge >= 0.3 is 5.91 Å². The number of anilines is 1. The molecule has 1 aromatic rings. The Morgan fingerprint density at radius 3 is 2.11 bits per heavy atom. The van der Waals surface area contributed by atoms with Crippen molar-refractivity contribution in [2.75, 3.05) is 19.0 Å². The zero-order valence-electron chi connectivity index (χ0n) is 11.0. The van der Waals surface area contributed by atoms with Crippen LogP contribution in [0.1, 0.15) is 5.56 Å². The van der Waals surface area contributed by atoms with E-state index < -0.39 is 17.6 Å². The normalized spacial score (nSPS) is 17.5. The molecule has 0 atom stereocenters. The Morgan fingerprint density at radius 1 is 1.00 bits per heavy atom. The van der Waals surface area contributed by atoms with Gasteiger partial charge in [0.1, 0.15) is 5.57 Å². The summed E-state index contributed by atoms with van der Waals surface area (Å²) < 4.78 is 0. The highest BCUT2D eigenvalue weighted by molar-refractivity contribution is 6.63. The largest absolute Gasteiger partial charge is 0.383 e. The van der Waals surface area contributed by atoms with Crippen LogP contribution in [0.4, 0.5) is 5.69 Å². The van der Waals surface area contributed by atoms with E-state index in [1.54, 1.807) is 43.3 Å². The third-order valence-corrected chi connectivity index (χ3v) is 2.75. The molecule has 5 nitrogen and oxygen atoms in total. The Morgan fingerprint density at radius 2 is 1.58 bits per heavy atom. The van der Waals surface area contributed by atoms with Crippen LogP contribution >= 0.6 is 0 Å². The Labute approximate surface area is 111 Å². The van der Waals surface area contributed by atoms with Crippen LogP contribution in [-0.4, -0.2) is 36.6 Å². The zero-order valence-corrected chi connectivity index (χ0v) is 11.0. The van der Waals surface area contributed by atoms with Gasteiger partial charge in [0.25, 0.3) is 11.7 Å². The van der Waals surface area contributed by atoms with Gasteiger partial charge in [-0.25, -0.2) is 4.90 Å². The highest BCUT2D eigenvalue weighted by Crippen LogP contribution is 2.24. The number of hydrogen-bond acceptors (Lipinski definition) is 4. The van der Waals surface area contributed by atoms with Gasteiger partial charge in [-0.2, -0.15) is 0 Å². The second-order valence-electron chi connectivity index (χ2n) is 4.62. The number of carbonyl (C=O) groups is 3. The van der Waals surface area contributed by atoms with Crippen molar-refractivity contribution in [3.63, 3.8) is 0 Å². The molecule has 1 saturated heterocycles. The number of rotatable bonds is 2. The first-order chi connectivity index (χ1) is 8.91. The van der Waals surface area contributed by atoms with Crippen LogP contribution in [-0.2, 0) is 14.4 Å². The number of imide groups is 1. The molecule has 1 aliphatic rings. The van der Waals surface area contributed by atoms with E-state index in [-0.39, 0.29) is 5.57 Å². The average Bonchev–Trinajstić information content (AvgIpc) is 2.55. The fourth-order valence-corrected chi connectivity index (χ4v) is 1.83. The third-order valence-electron chi connectivity index (χ3n) is 2.75. The Kier molecular flexibility index (Phi) is 3.21. The number of aryl methyl sites for hydroxylation is 1. The van der Waals surface area contributed by atoms with E-state index in [0.29, 0.717) is 5.69 Å². The van der Waals surface area contributed by atoms with Crippen LogP contribution in [0.5, 0.6) is 0 Å². The summed E-state index contributed by atoms with van der Waals surface area (Å²) >= 11 is 0. The lowest BCUT2D eigenvalue weighted by atomic mass is 10.2. The predicted octanol–water partition coefficient (Wildman–Crippen LogP) is 0.883. The van der Waals surface area contributed by atoms with Crippen molar-refractivity contribution in [3.8, 4) is 0 Å². The van der Waals surface area contributed by atoms with Crippen LogP contribution in [0.3, 0.4) is 0 Å². The summed E-state index contributed by atoms with van der Waals surface area (Å²) in [6, 6.07) is 6.87. The van der Waals surface area contributed by atoms with Crippen LogP contribution in [0.15, 0.2) is 36.0 Å². The number of benzene rings is 1. The van der Waals surface area contributed by atoms with Crippen LogP contribution < -0.4 is 4.90 Å². The highest BCUT2D eigenvalue weighted by atomic mass is 16.2. The van der Waals surface area contributed by atoms with Gasteiger partial charge in [0.15, 0.2) is 0 Å². The van der Waals surface area contributed by atoms with Gasteiger partial charge in [-0.3, -0.25) is 14.4 Å². The van der Waals surface area contributed by atoms with E-state index in [0.717, 1.165) is 10.5 Å². The van der Waals surface area contributed by atoms with Gasteiger partial charge in [-0.05, 0) is 19.1 Å². The molecule has 0 saturated carbocycles. The fraction of sp³-hybridized carbons (Fsp3) is 0.214. The fourth-order valence-electron chi connectivity index (χ4n) is 1.83. The van der Waals surface area contributed by atoms with E-state index in [2.05, 4.69) is 0 Å². The number of carbonyl (C=O) groups excluding carboxylic acids is 3. The second kappa shape index (κ2) is 4.68. The molecule has 5 heteroatoms. The molecular formula is C14H14N2O3. The number of ketones is 1. The van der Waals surface area contributed by atoms with Crippen molar-refractivity contribution in [2.24, 2.45) is 0 Å². The number of amides is 2. The summed E-state index contributed by atoms with van der Waals surface area (Å²) in [5.41, 5.74) is 1.32. The van der Waals surface area contributed by atoms with Gasteiger partial charge in [-0.1, -0.05) is 17.7 Å². The van der Waals surface area contributed by atoms with Crippen molar-refractivity contribution in [1.29, 1.82) is 0 Å². The molecule has 1 heterocycles. The Hall–Kier alpha value is -2.43. The summed E-state index contributed by atoms with van der Waals surface area (Å²) in [6.07, 6.45) is 1.37. The standard InChI is InChI=1S/C14H14N2O3/c1-9-4-6-10(7-5-9)16-13(18)11(8-15(2)3)12(17)14(16)19/h4-8H,1-3H3/b11-8+. The molecule has 1 aromatic carbocycles. The Balaban J connectivity index is 2.43. The van der Waals surface area contributed by atoms with Gasteiger partial charge in [0.2, 0.25) is 0 Å². The molecule has 2 amide bonds. The maximum Gasteiger partial charge on any atom is 0.306 e. The van der Waals surface area contributed by atoms with Gasteiger partial charge < -0.3 is 4.90 Å². The summed E-state index contributed by atoms with van der Waals surface area (Å²) in [5.74, 6) is -2.14. The van der Waals surface area contributed by atoms with Crippen molar-refractivity contribution in [1.82, 2.24) is 4.90 Å². The number of hydrogen-bond donors (Lipinski definition) is 0. The van der Waals surface area contributed by atoms with Crippen molar-refractivity contribution >= 4 is 23.3 Å². The molecule has 0 bridgehead atoms. The maximum absolute atomic E-state index is 12.1. The summed E-state index contributed by atoms with van der Waals surface area (Å²) in [5, 5.41) is 0. The first-order valence-corrected chi connectivity index (χ1v) is 5.80. The number of nitrogens with zero attached hydrogens (tertiary/aromatic N) is 2. The average molecular weight is 258 g/mol. The molecule has 2 rings (SSSR count). The summed E-state index contributed by atoms with van der Waals surface area (Å²) in [4.78, 5) is 38.3. The maximum atomic E-state index is 12.1. The SMILES string of the molecule is Cc1ccc(N2C(=O)C(=O)/C(=C\N(C)C)C2=O)cc1. The first kappa shape index (κ1) is 13.0. The van der Waals surface area contributed by atoms with Crippen molar-refractivity contribution in [3.05, 3.63) is 41.6 Å². The van der Waals surface area contributed by atoms with Gasteiger partial charge in [0.05, 0.1) is 5.69 Å². The lowest BCUT2D eigenvalue weighted by Gasteiger charge is -2.12. The molecule has 0 N–H and O–H groups in total. The van der Waals surface area contributed by atoms with Crippen LogP contribution in [0, 0.1) is 6.92 Å². The van der Waals surface area contributed by atoms with Crippen LogP contribution in [0.2, 0.25) is 0 Å². The smallest absolute Gasteiger partial charge is 0.306 e. The third kappa shape index (κ3) is 2.27. The van der Waals surface area contributed by atoms with Crippen LogP contribution in [0.25, 0.3) is 0 Å². The predicted molar refractivity (Wildman–Crippen MR) is 70.4 cm³/mol. The minimum atomic E-state index is -0.804. The molecule has 98 valence electrons. The van der Waals surface area contributed by atoms with E-state index in [4.69, 9.17) is 0 Å². The monoisotopic (exact) mass is 258 g/mol. The molecule has 19 heavy (non-hydrogen) atoms. The molecular weight excluding hydrogens is 244 g/mol. The van der Waals surface area contributed by atoms with Crippen molar-refractivity contribution in [2.45, 2.75) is 6.92 Å². The molecule has 0 aliphatic carbocycles. The number of Topliss-reactive ketones (excluding diaryl/α,β-unsaturated/α-hetero) is 1. The van der Waals surface area contributed by atoms with E-state index >= 15 is 0 Å².